The summed E-state index contributed by atoms with van der Waals surface area (Å²) in [7, 11) is 1.36. The SMILES string of the molecule is CCN(CC)c1ccc(-c2nc3cc(C(=O)OC)ccn3c2N)cc1. The highest BCUT2D eigenvalue weighted by atomic mass is 16.5. The minimum absolute atomic E-state index is 0.394. The monoisotopic (exact) mass is 338 g/mol. The van der Waals surface area contributed by atoms with Gasteiger partial charge in [-0.3, -0.25) is 4.40 Å². The summed E-state index contributed by atoms with van der Waals surface area (Å²) < 4.78 is 6.52. The van der Waals surface area contributed by atoms with Crippen molar-refractivity contribution in [3.63, 3.8) is 0 Å². The van der Waals surface area contributed by atoms with Gasteiger partial charge in [-0.2, -0.15) is 0 Å². The molecule has 6 heteroatoms. The first-order valence-electron chi connectivity index (χ1n) is 8.30. The van der Waals surface area contributed by atoms with E-state index in [0.29, 0.717) is 22.7 Å². The minimum Gasteiger partial charge on any atom is -0.465 e. The number of nitrogens with two attached hydrogens (primary N) is 1. The summed E-state index contributed by atoms with van der Waals surface area (Å²) in [6.07, 6.45) is 1.73. The number of benzene rings is 1. The average molecular weight is 338 g/mol. The third-order valence-corrected chi connectivity index (χ3v) is 4.35. The molecule has 25 heavy (non-hydrogen) atoms. The number of fused-ring (bicyclic) bond motifs is 1. The van der Waals surface area contributed by atoms with E-state index in [-0.39, 0.29) is 0 Å². The Labute approximate surface area is 146 Å². The van der Waals surface area contributed by atoms with Crippen molar-refractivity contribution in [2.75, 3.05) is 30.8 Å². The number of hydrogen-bond donors (Lipinski definition) is 1. The summed E-state index contributed by atoms with van der Waals surface area (Å²) >= 11 is 0. The van der Waals surface area contributed by atoms with Crippen LogP contribution in [0.4, 0.5) is 11.5 Å². The summed E-state index contributed by atoms with van der Waals surface area (Å²) in [6, 6.07) is 11.5. The molecule has 0 unspecified atom stereocenters. The lowest BCUT2D eigenvalue weighted by atomic mass is 10.1. The second kappa shape index (κ2) is 6.84. The van der Waals surface area contributed by atoms with Crippen molar-refractivity contribution in [2.45, 2.75) is 13.8 Å². The van der Waals surface area contributed by atoms with Gasteiger partial charge in [0.1, 0.15) is 17.2 Å². The average Bonchev–Trinajstić information content (AvgIpc) is 2.99. The van der Waals surface area contributed by atoms with Gasteiger partial charge in [-0.25, -0.2) is 9.78 Å². The van der Waals surface area contributed by atoms with E-state index >= 15 is 0 Å². The second-order valence-corrected chi connectivity index (χ2v) is 5.70. The Hall–Kier alpha value is -3.02. The Kier molecular flexibility index (Phi) is 4.61. The highest BCUT2D eigenvalue weighted by molar-refractivity contribution is 5.91. The van der Waals surface area contributed by atoms with E-state index in [9.17, 15) is 4.79 Å². The topological polar surface area (TPSA) is 72.9 Å². The Morgan fingerprint density at radius 1 is 1.20 bits per heavy atom. The van der Waals surface area contributed by atoms with Crippen LogP contribution in [0.5, 0.6) is 0 Å². The molecule has 2 heterocycles. The van der Waals surface area contributed by atoms with Crippen LogP contribution in [0.3, 0.4) is 0 Å². The number of hydrogen-bond acceptors (Lipinski definition) is 5. The summed E-state index contributed by atoms with van der Waals surface area (Å²) in [5, 5.41) is 0. The fourth-order valence-corrected chi connectivity index (χ4v) is 2.94. The first kappa shape index (κ1) is 16.8. The van der Waals surface area contributed by atoms with Crippen molar-refractivity contribution in [1.82, 2.24) is 9.38 Å². The molecule has 3 aromatic rings. The van der Waals surface area contributed by atoms with Gasteiger partial charge < -0.3 is 15.4 Å². The van der Waals surface area contributed by atoms with Gasteiger partial charge in [-0.05, 0) is 38.1 Å². The van der Waals surface area contributed by atoms with Crippen molar-refractivity contribution in [3.8, 4) is 11.3 Å². The third kappa shape index (κ3) is 3.03. The molecule has 0 radical (unpaired) electrons. The van der Waals surface area contributed by atoms with E-state index in [1.165, 1.54) is 12.8 Å². The molecule has 0 fully saturated rings. The highest BCUT2D eigenvalue weighted by Crippen LogP contribution is 2.28. The van der Waals surface area contributed by atoms with Crippen molar-refractivity contribution in [2.24, 2.45) is 0 Å². The highest BCUT2D eigenvalue weighted by Gasteiger charge is 2.14. The lowest BCUT2D eigenvalue weighted by molar-refractivity contribution is 0.0600. The molecule has 0 atom stereocenters. The van der Waals surface area contributed by atoms with Crippen LogP contribution in [0, 0.1) is 0 Å². The van der Waals surface area contributed by atoms with E-state index in [4.69, 9.17) is 10.5 Å². The number of anilines is 2. The standard InChI is InChI=1S/C19H22N4O2/c1-4-22(5-2)15-8-6-13(7-9-15)17-18(20)23-11-10-14(19(24)25-3)12-16(23)21-17/h6-12H,4-5,20H2,1-3H3. The zero-order chi connectivity index (χ0) is 18.0. The molecule has 1 aromatic carbocycles. The molecular weight excluding hydrogens is 316 g/mol. The first-order chi connectivity index (χ1) is 12.1. The molecular formula is C19H22N4O2. The van der Waals surface area contributed by atoms with Gasteiger partial charge in [-0.15, -0.1) is 0 Å². The van der Waals surface area contributed by atoms with Crippen molar-refractivity contribution >= 4 is 23.1 Å². The zero-order valence-corrected chi connectivity index (χ0v) is 14.7. The zero-order valence-electron chi connectivity index (χ0n) is 14.7. The van der Waals surface area contributed by atoms with Crippen LogP contribution in [0.1, 0.15) is 24.2 Å². The number of ether oxygens (including phenoxy) is 1. The van der Waals surface area contributed by atoms with Gasteiger partial charge in [0.05, 0.1) is 12.7 Å². The quantitative estimate of drug-likeness (QED) is 0.723. The van der Waals surface area contributed by atoms with E-state index in [1.54, 1.807) is 22.7 Å². The van der Waals surface area contributed by atoms with E-state index in [1.807, 2.05) is 12.1 Å². The van der Waals surface area contributed by atoms with Crippen molar-refractivity contribution < 1.29 is 9.53 Å². The number of methoxy groups -OCH3 is 1. The Bertz CT molecular complexity index is 896. The van der Waals surface area contributed by atoms with Crippen LogP contribution in [0.15, 0.2) is 42.6 Å². The molecule has 6 nitrogen and oxygen atoms in total. The number of carbonyl (C=O) groups excluding carboxylic acids is 1. The molecule has 2 N–H and O–H groups in total. The minimum atomic E-state index is -0.394. The van der Waals surface area contributed by atoms with Gasteiger partial charge in [0.15, 0.2) is 0 Å². The molecule has 0 saturated carbocycles. The van der Waals surface area contributed by atoms with E-state index in [2.05, 4.69) is 35.9 Å². The Balaban J connectivity index is 2.01. The maximum absolute atomic E-state index is 11.7. The smallest absolute Gasteiger partial charge is 0.338 e. The summed E-state index contributed by atoms with van der Waals surface area (Å²) in [4.78, 5) is 18.6. The Morgan fingerprint density at radius 3 is 2.48 bits per heavy atom. The molecule has 0 saturated heterocycles. The van der Waals surface area contributed by atoms with Crippen LogP contribution in [-0.4, -0.2) is 35.6 Å². The molecule has 2 aromatic heterocycles. The molecule has 0 aliphatic heterocycles. The number of carbonyl (C=O) groups is 1. The van der Waals surface area contributed by atoms with Gasteiger partial charge in [0.2, 0.25) is 0 Å². The third-order valence-electron chi connectivity index (χ3n) is 4.35. The van der Waals surface area contributed by atoms with Gasteiger partial charge >= 0.3 is 5.97 Å². The van der Waals surface area contributed by atoms with Gasteiger partial charge in [0, 0.05) is 30.5 Å². The van der Waals surface area contributed by atoms with Crippen LogP contribution in [0.25, 0.3) is 16.9 Å². The van der Waals surface area contributed by atoms with Crippen molar-refractivity contribution in [3.05, 3.63) is 48.2 Å². The molecule has 0 bridgehead atoms. The fourth-order valence-electron chi connectivity index (χ4n) is 2.94. The second-order valence-electron chi connectivity index (χ2n) is 5.70. The van der Waals surface area contributed by atoms with Crippen LogP contribution < -0.4 is 10.6 Å². The molecule has 0 aliphatic carbocycles. The lowest BCUT2D eigenvalue weighted by Crippen LogP contribution is -2.21. The normalized spacial score (nSPS) is 10.8. The van der Waals surface area contributed by atoms with Crippen LogP contribution >= 0.6 is 0 Å². The molecule has 3 rings (SSSR count). The number of nitrogens with zero attached hydrogens (tertiary/aromatic N) is 3. The predicted molar refractivity (Wildman–Crippen MR) is 99.9 cm³/mol. The number of pyridine rings is 1. The lowest BCUT2D eigenvalue weighted by Gasteiger charge is -2.21. The number of rotatable bonds is 5. The Morgan fingerprint density at radius 2 is 1.88 bits per heavy atom. The molecule has 130 valence electrons. The molecule has 0 amide bonds. The molecule has 0 aliphatic rings. The number of esters is 1. The molecule has 0 spiro atoms. The van der Waals surface area contributed by atoms with Crippen LogP contribution in [-0.2, 0) is 4.74 Å². The largest absolute Gasteiger partial charge is 0.465 e. The summed E-state index contributed by atoms with van der Waals surface area (Å²) in [6.45, 7) is 6.19. The van der Waals surface area contributed by atoms with Gasteiger partial charge in [0.25, 0.3) is 0 Å². The first-order valence-corrected chi connectivity index (χ1v) is 8.30. The maximum Gasteiger partial charge on any atom is 0.338 e. The van der Waals surface area contributed by atoms with Crippen LogP contribution in [0.2, 0.25) is 0 Å². The maximum atomic E-state index is 11.7. The van der Waals surface area contributed by atoms with E-state index < -0.39 is 5.97 Å². The fraction of sp³-hybridized carbons (Fsp3) is 0.263. The predicted octanol–water partition coefficient (Wildman–Crippen LogP) is 3.22. The summed E-state index contributed by atoms with van der Waals surface area (Å²) in [5.74, 6) is 0.149. The van der Waals surface area contributed by atoms with E-state index in [0.717, 1.165) is 18.7 Å². The van der Waals surface area contributed by atoms with Gasteiger partial charge in [-0.1, -0.05) is 12.1 Å². The number of aromatic nitrogens is 2. The summed E-state index contributed by atoms with van der Waals surface area (Å²) in [5.41, 5.74) is 10.1. The number of imidazole rings is 1. The number of nitrogen functional groups attached to an aromatic ring is 1. The van der Waals surface area contributed by atoms with Crippen molar-refractivity contribution in [1.29, 1.82) is 0 Å².